The minimum Gasteiger partial charge on any atom is -0.454 e. The molecule has 0 N–H and O–H groups in total. The summed E-state index contributed by atoms with van der Waals surface area (Å²) in [6.07, 6.45) is 17.7. The minimum absolute atomic E-state index is 0. The van der Waals surface area contributed by atoms with Gasteiger partial charge in [-0.15, -0.1) is 0 Å². The van der Waals surface area contributed by atoms with Gasteiger partial charge in [-0.05, 0) is 150 Å². The van der Waals surface area contributed by atoms with Crippen LogP contribution in [0.25, 0.3) is 0 Å². The van der Waals surface area contributed by atoms with Crippen molar-refractivity contribution in [1.29, 1.82) is 0 Å². The maximum absolute atomic E-state index is 5.08. The number of aromatic nitrogens is 1. The van der Waals surface area contributed by atoms with Crippen molar-refractivity contribution in [3.8, 4) is 11.5 Å². The average molecular weight is 1150 g/mol. The summed E-state index contributed by atoms with van der Waals surface area (Å²) in [4.78, 5) is 3.78. The molecule has 0 spiro atoms. The van der Waals surface area contributed by atoms with Gasteiger partial charge in [0, 0.05) is 12.4 Å². The summed E-state index contributed by atoms with van der Waals surface area (Å²) < 4.78 is 10.2. The van der Waals surface area contributed by atoms with E-state index in [-0.39, 0.29) is 7.43 Å². The van der Waals surface area contributed by atoms with Crippen LogP contribution in [0.2, 0.25) is 0 Å². The van der Waals surface area contributed by atoms with Crippen LogP contribution < -0.4 is 9.47 Å². The Bertz CT molecular complexity index is 1820. The molecular formula is C80H145NO2. The van der Waals surface area contributed by atoms with E-state index in [0.29, 0.717) is 12.2 Å². The normalized spacial score (nSPS) is 14.3. The summed E-state index contributed by atoms with van der Waals surface area (Å²) in [5.41, 5.74) is 6.89. The van der Waals surface area contributed by atoms with E-state index in [0.717, 1.165) is 64.8 Å². The molecule has 0 bridgehead atoms. The highest BCUT2D eigenvalue weighted by molar-refractivity contribution is 5.41. The molecule has 5 aromatic rings. The molecule has 1 aliphatic heterocycles. The van der Waals surface area contributed by atoms with Gasteiger partial charge in [0.2, 0.25) is 6.79 Å². The molecule has 1 aromatic heterocycles. The molecule has 2 unspecified atom stereocenters. The molecule has 4 aliphatic carbocycles. The standard InChI is InChI=1S/C13H18.C12H16.C7H6O2.C7H14.C6H12.C6H6.C5H5N.C5H12.C4H10.7C2H6.CH4/c1-10(2)12-9-5-7-11-6-3-4-8-13(11)12;1-9(2)11-8-7-10-5-3-4-6-12(10)11;1-2-4-7-6(3-1)8-5-9-7;1-6(2)7-4-3-5-7;1-5(2)6-3-4-6;2*1-2-4-6-5-3-1;1-5(2,3)4;1-4(2)3;7*1-2;/h3-4,6,8,10,12H,5,7,9H2,1-2H3;3-6,9,11H,7-8H2,1-2H3;1-4H,5H2;6-7H,3-5H2,1-2H3;5-6H,3-4H2,1-2H3;1-6H;1-5H;1-4H3;4H,1-3H3;7*1-2H3;1H4. The minimum atomic E-state index is 0. The molecule has 2 saturated carbocycles. The summed E-state index contributed by atoms with van der Waals surface area (Å²) >= 11 is 0. The first-order valence-electron chi connectivity index (χ1n) is 33.7. The number of benzene rings is 4. The quantitative estimate of drug-likeness (QED) is 0.180. The smallest absolute Gasteiger partial charge is 0.231 e. The van der Waals surface area contributed by atoms with Gasteiger partial charge in [0.1, 0.15) is 0 Å². The number of para-hydroxylation sites is 2. The van der Waals surface area contributed by atoms with E-state index in [1.54, 1.807) is 34.6 Å². The first-order chi connectivity index (χ1) is 39.4. The molecule has 2 atom stereocenters. The highest BCUT2D eigenvalue weighted by atomic mass is 16.7. The summed E-state index contributed by atoms with van der Waals surface area (Å²) in [5.74, 6) is 9.85. The Morgan fingerprint density at radius 3 is 0.916 bits per heavy atom. The largest absolute Gasteiger partial charge is 0.454 e. The van der Waals surface area contributed by atoms with E-state index >= 15 is 0 Å². The van der Waals surface area contributed by atoms with Gasteiger partial charge in [-0.25, -0.2) is 0 Å². The predicted molar refractivity (Wildman–Crippen MR) is 384 cm³/mol. The lowest BCUT2D eigenvalue weighted by Crippen LogP contribution is -2.16. The summed E-state index contributed by atoms with van der Waals surface area (Å²) in [6.45, 7) is 62.2. The Morgan fingerprint density at radius 2 is 0.663 bits per heavy atom. The van der Waals surface area contributed by atoms with Crippen LogP contribution in [0, 0.1) is 46.8 Å². The lowest BCUT2D eigenvalue weighted by atomic mass is 9.77. The molecule has 10 rings (SSSR count). The molecule has 482 valence electrons. The summed E-state index contributed by atoms with van der Waals surface area (Å²) in [7, 11) is 0. The second kappa shape index (κ2) is 65.2. The van der Waals surface area contributed by atoms with Crippen molar-refractivity contribution in [2.75, 3.05) is 6.79 Å². The second-order valence-electron chi connectivity index (χ2n) is 22.8. The third-order valence-corrected chi connectivity index (χ3v) is 12.4. The van der Waals surface area contributed by atoms with E-state index in [4.69, 9.17) is 9.47 Å². The second-order valence-corrected chi connectivity index (χ2v) is 22.8. The van der Waals surface area contributed by atoms with Gasteiger partial charge >= 0.3 is 0 Å². The van der Waals surface area contributed by atoms with Gasteiger partial charge in [-0.1, -0.05) is 331 Å². The first-order valence-corrected chi connectivity index (χ1v) is 33.7. The summed E-state index contributed by atoms with van der Waals surface area (Å²) in [5, 5.41) is 0. The lowest BCUT2D eigenvalue weighted by Gasteiger charge is -2.28. The van der Waals surface area contributed by atoms with Crippen molar-refractivity contribution in [3.63, 3.8) is 0 Å². The van der Waals surface area contributed by atoms with Crippen LogP contribution in [-0.4, -0.2) is 11.8 Å². The molecule has 5 aliphatic rings. The van der Waals surface area contributed by atoms with Gasteiger partial charge in [-0.3, -0.25) is 4.98 Å². The number of fused-ring (bicyclic) bond motifs is 3. The fourth-order valence-electron chi connectivity index (χ4n) is 8.18. The number of nitrogens with zero attached hydrogens (tertiary/aromatic N) is 1. The van der Waals surface area contributed by atoms with E-state index < -0.39 is 0 Å². The Labute approximate surface area is 523 Å². The highest BCUT2D eigenvalue weighted by Gasteiger charge is 2.25. The van der Waals surface area contributed by atoms with Gasteiger partial charge in [0.25, 0.3) is 0 Å². The van der Waals surface area contributed by atoms with E-state index in [9.17, 15) is 0 Å². The van der Waals surface area contributed by atoms with E-state index in [1.165, 1.54) is 64.2 Å². The van der Waals surface area contributed by atoms with Crippen LogP contribution in [0.15, 0.2) is 140 Å². The number of aryl methyl sites for hydroxylation is 2. The molecule has 83 heavy (non-hydrogen) atoms. The predicted octanol–water partition coefficient (Wildman–Crippen LogP) is 27.3. The van der Waals surface area contributed by atoms with E-state index in [1.807, 2.05) is 176 Å². The third-order valence-electron chi connectivity index (χ3n) is 12.4. The highest BCUT2D eigenvalue weighted by Crippen LogP contribution is 2.39. The molecular weight excluding hydrogens is 1010 g/mol. The van der Waals surface area contributed by atoms with Crippen molar-refractivity contribution in [2.24, 2.45) is 46.8 Å². The van der Waals surface area contributed by atoms with Crippen molar-refractivity contribution in [1.82, 2.24) is 4.98 Å². The Balaban J connectivity index is -0.000000155. The Hall–Kier alpha value is -4.37. The van der Waals surface area contributed by atoms with Gasteiger partial charge in [0.05, 0.1) is 0 Å². The first kappa shape index (κ1) is 92.4. The Kier molecular flexibility index (Phi) is 72.5. The zero-order valence-electron chi connectivity index (χ0n) is 60.0. The lowest BCUT2D eigenvalue weighted by molar-refractivity contribution is 0.174. The fraction of sp³-hybridized carbons (Fsp3) is 0.637. The molecule has 0 radical (unpaired) electrons. The van der Waals surface area contributed by atoms with Crippen molar-refractivity contribution in [3.05, 3.63) is 162 Å². The van der Waals surface area contributed by atoms with Crippen LogP contribution in [0.5, 0.6) is 11.5 Å². The third kappa shape index (κ3) is 54.1. The number of hydrogen-bond acceptors (Lipinski definition) is 3. The Morgan fingerprint density at radius 1 is 0.361 bits per heavy atom. The van der Waals surface area contributed by atoms with Crippen LogP contribution in [0.3, 0.4) is 0 Å². The van der Waals surface area contributed by atoms with Gasteiger partial charge in [0.15, 0.2) is 11.5 Å². The SMILES string of the molecule is C.CC.CC.CC.CC.CC.CC.CC.CC(C)(C)C.CC(C)C.CC(C)C1CC1.CC(C)C1CCC1.CC(C)C1CCCc2ccccc21.CC(C)C1CCc2ccccc21.c1ccc2c(c1)OCO2.c1ccccc1.c1ccncc1. The number of rotatable bonds is 4. The molecule has 2 heterocycles. The topological polar surface area (TPSA) is 31.4 Å². The molecule has 2 fully saturated rings. The fourth-order valence-corrected chi connectivity index (χ4v) is 8.18. The maximum atomic E-state index is 5.08. The zero-order valence-corrected chi connectivity index (χ0v) is 60.0. The van der Waals surface area contributed by atoms with Gasteiger partial charge < -0.3 is 9.47 Å². The monoisotopic (exact) mass is 1150 g/mol. The van der Waals surface area contributed by atoms with E-state index in [2.05, 4.69) is 157 Å². The molecule has 3 nitrogen and oxygen atoms in total. The van der Waals surface area contributed by atoms with Crippen molar-refractivity contribution < 1.29 is 9.47 Å². The molecule has 3 heteroatoms. The average Bonchev–Trinajstić information content (AvgIpc) is 4.09. The molecule has 4 aromatic carbocycles. The molecule has 0 amide bonds. The van der Waals surface area contributed by atoms with Crippen molar-refractivity contribution in [2.45, 2.75) is 284 Å². The number of hydrogen-bond donors (Lipinski definition) is 0. The molecule has 0 saturated heterocycles. The zero-order chi connectivity index (χ0) is 64.3. The van der Waals surface area contributed by atoms with Crippen LogP contribution >= 0.6 is 0 Å². The van der Waals surface area contributed by atoms with Crippen LogP contribution in [0.4, 0.5) is 0 Å². The number of pyridine rings is 1. The van der Waals surface area contributed by atoms with Crippen LogP contribution in [0.1, 0.15) is 294 Å². The van der Waals surface area contributed by atoms with Gasteiger partial charge in [-0.2, -0.15) is 0 Å². The summed E-state index contributed by atoms with van der Waals surface area (Å²) in [6, 6.07) is 43.2. The van der Waals surface area contributed by atoms with Crippen molar-refractivity contribution >= 4 is 0 Å². The number of ether oxygens (including phenoxy) is 2. The maximum Gasteiger partial charge on any atom is 0.231 e. The van der Waals surface area contributed by atoms with Crippen LogP contribution in [-0.2, 0) is 12.8 Å².